The lowest BCUT2D eigenvalue weighted by Gasteiger charge is -2.16. The van der Waals surface area contributed by atoms with Crippen LogP contribution in [0.3, 0.4) is 0 Å². The number of rotatable bonds is 6. The predicted molar refractivity (Wildman–Crippen MR) is 94.1 cm³/mol. The molecule has 24 heavy (non-hydrogen) atoms. The maximum absolute atomic E-state index is 13.0. The van der Waals surface area contributed by atoms with Gasteiger partial charge in [0, 0.05) is 5.56 Å². The number of hydrogen-bond acceptors (Lipinski definition) is 3. The van der Waals surface area contributed by atoms with Gasteiger partial charge in [-0.1, -0.05) is 12.1 Å². The van der Waals surface area contributed by atoms with E-state index in [0.717, 1.165) is 5.56 Å². The van der Waals surface area contributed by atoms with E-state index in [-0.39, 0.29) is 17.8 Å². The second-order valence-electron chi connectivity index (χ2n) is 5.17. The molecule has 0 fully saturated rings. The summed E-state index contributed by atoms with van der Waals surface area (Å²) >= 11 is 3.40. The molecule has 2 aromatic carbocycles. The van der Waals surface area contributed by atoms with E-state index in [0.29, 0.717) is 28.1 Å². The van der Waals surface area contributed by atoms with Crippen molar-refractivity contribution in [3.8, 4) is 11.5 Å². The largest absolute Gasteiger partial charge is 0.493 e. The maximum atomic E-state index is 13.0. The van der Waals surface area contributed by atoms with E-state index in [4.69, 9.17) is 9.47 Å². The van der Waals surface area contributed by atoms with Crippen molar-refractivity contribution in [3.63, 3.8) is 0 Å². The molecule has 0 saturated heterocycles. The van der Waals surface area contributed by atoms with Crippen molar-refractivity contribution in [2.24, 2.45) is 0 Å². The zero-order valence-corrected chi connectivity index (χ0v) is 15.3. The smallest absolute Gasteiger partial charge is 0.251 e. The van der Waals surface area contributed by atoms with Gasteiger partial charge in [-0.3, -0.25) is 4.79 Å². The number of halogens is 2. The molecule has 6 heteroatoms. The van der Waals surface area contributed by atoms with Crippen molar-refractivity contribution < 1.29 is 18.7 Å². The van der Waals surface area contributed by atoms with Gasteiger partial charge in [-0.25, -0.2) is 4.39 Å². The van der Waals surface area contributed by atoms with E-state index in [1.54, 1.807) is 24.3 Å². The monoisotopic (exact) mass is 395 g/mol. The summed E-state index contributed by atoms with van der Waals surface area (Å²) in [5.41, 5.74) is 1.26. The number of methoxy groups -OCH3 is 1. The van der Waals surface area contributed by atoms with Gasteiger partial charge < -0.3 is 14.8 Å². The summed E-state index contributed by atoms with van der Waals surface area (Å²) in [5, 5.41) is 2.88. The number of carbonyl (C=O) groups excluding carboxylic acids is 1. The molecule has 0 saturated carbocycles. The molecule has 2 rings (SSSR count). The molecule has 4 nitrogen and oxygen atoms in total. The summed E-state index contributed by atoms with van der Waals surface area (Å²) in [5.74, 6) is 0.472. The topological polar surface area (TPSA) is 47.6 Å². The van der Waals surface area contributed by atoms with Crippen LogP contribution in [0.1, 0.15) is 35.8 Å². The van der Waals surface area contributed by atoms with Gasteiger partial charge in [-0.05, 0) is 59.6 Å². The lowest BCUT2D eigenvalue weighted by atomic mass is 10.1. The lowest BCUT2D eigenvalue weighted by Crippen LogP contribution is -2.26. The van der Waals surface area contributed by atoms with Gasteiger partial charge in [0.15, 0.2) is 11.5 Å². The highest BCUT2D eigenvalue weighted by molar-refractivity contribution is 9.10. The molecule has 2 aromatic rings. The van der Waals surface area contributed by atoms with Crippen molar-refractivity contribution in [2.45, 2.75) is 19.9 Å². The Morgan fingerprint density at radius 1 is 1.29 bits per heavy atom. The third-order valence-electron chi connectivity index (χ3n) is 3.50. The molecule has 1 atom stereocenters. The van der Waals surface area contributed by atoms with Crippen LogP contribution in [0, 0.1) is 5.82 Å². The average molecular weight is 396 g/mol. The molecule has 0 unspecified atom stereocenters. The summed E-state index contributed by atoms with van der Waals surface area (Å²) in [6.45, 7) is 4.20. The standard InChI is InChI=1S/C18H19BrFNO3/c1-4-24-17-15(19)9-13(10-16(17)23-3)18(22)21-11(2)12-5-7-14(20)8-6-12/h5-11H,4H2,1-3H3,(H,21,22)/t11-/m1/s1. The van der Waals surface area contributed by atoms with Crippen LogP contribution in [-0.4, -0.2) is 19.6 Å². The maximum Gasteiger partial charge on any atom is 0.251 e. The minimum absolute atomic E-state index is 0.255. The van der Waals surface area contributed by atoms with E-state index in [9.17, 15) is 9.18 Å². The van der Waals surface area contributed by atoms with Crippen molar-refractivity contribution in [3.05, 3.63) is 57.8 Å². The zero-order chi connectivity index (χ0) is 17.7. The summed E-state index contributed by atoms with van der Waals surface area (Å²) < 4.78 is 24.4. The summed E-state index contributed by atoms with van der Waals surface area (Å²) in [6.07, 6.45) is 0. The van der Waals surface area contributed by atoms with Crippen LogP contribution in [0.4, 0.5) is 4.39 Å². The zero-order valence-electron chi connectivity index (χ0n) is 13.7. The third-order valence-corrected chi connectivity index (χ3v) is 4.09. The molecule has 1 N–H and O–H groups in total. The van der Waals surface area contributed by atoms with E-state index in [1.165, 1.54) is 19.2 Å². The van der Waals surface area contributed by atoms with Gasteiger partial charge in [0.25, 0.3) is 5.91 Å². The molecule has 0 bridgehead atoms. The minimum atomic E-state index is -0.308. The van der Waals surface area contributed by atoms with E-state index >= 15 is 0 Å². The fourth-order valence-electron chi connectivity index (χ4n) is 2.25. The average Bonchev–Trinajstić information content (AvgIpc) is 2.57. The van der Waals surface area contributed by atoms with Crippen LogP contribution < -0.4 is 14.8 Å². The molecular formula is C18H19BrFNO3. The predicted octanol–water partition coefficient (Wildman–Crippen LogP) is 4.49. The van der Waals surface area contributed by atoms with Crippen LogP contribution in [0.25, 0.3) is 0 Å². The first-order valence-electron chi connectivity index (χ1n) is 7.53. The molecule has 0 spiro atoms. The first-order chi connectivity index (χ1) is 11.5. The molecule has 0 aliphatic rings. The molecule has 128 valence electrons. The van der Waals surface area contributed by atoms with Crippen LogP contribution >= 0.6 is 15.9 Å². The first-order valence-corrected chi connectivity index (χ1v) is 8.32. The molecule has 1 amide bonds. The first kappa shape index (κ1) is 18.3. The summed E-state index contributed by atoms with van der Waals surface area (Å²) in [7, 11) is 1.52. The number of hydrogen-bond donors (Lipinski definition) is 1. The van der Waals surface area contributed by atoms with Gasteiger partial charge in [-0.15, -0.1) is 0 Å². The molecule has 0 heterocycles. The van der Waals surface area contributed by atoms with Crippen LogP contribution in [-0.2, 0) is 0 Å². The Kier molecular flexibility index (Phi) is 6.20. The summed E-state index contributed by atoms with van der Waals surface area (Å²) in [4.78, 5) is 12.5. The lowest BCUT2D eigenvalue weighted by molar-refractivity contribution is 0.0939. The molecule has 0 aliphatic heterocycles. The Morgan fingerprint density at radius 2 is 1.96 bits per heavy atom. The molecular weight excluding hydrogens is 377 g/mol. The Hall–Kier alpha value is -2.08. The Morgan fingerprint density at radius 3 is 2.54 bits per heavy atom. The highest BCUT2D eigenvalue weighted by Crippen LogP contribution is 2.36. The third kappa shape index (κ3) is 4.26. The SMILES string of the molecule is CCOc1c(Br)cc(C(=O)N[C@H](C)c2ccc(F)cc2)cc1OC. The normalized spacial score (nSPS) is 11.7. The number of carbonyl (C=O) groups is 1. The Balaban J connectivity index is 2.20. The molecule has 0 radical (unpaired) electrons. The van der Waals surface area contributed by atoms with Gasteiger partial charge in [-0.2, -0.15) is 0 Å². The van der Waals surface area contributed by atoms with E-state index < -0.39 is 0 Å². The number of benzene rings is 2. The van der Waals surface area contributed by atoms with Crippen LogP contribution in [0.5, 0.6) is 11.5 Å². The van der Waals surface area contributed by atoms with Crippen LogP contribution in [0.15, 0.2) is 40.9 Å². The number of nitrogens with one attached hydrogen (secondary N) is 1. The van der Waals surface area contributed by atoms with Crippen LogP contribution in [0.2, 0.25) is 0 Å². The Labute approximate surface area is 149 Å². The van der Waals surface area contributed by atoms with Gasteiger partial charge >= 0.3 is 0 Å². The number of amides is 1. The minimum Gasteiger partial charge on any atom is -0.493 e. The fourth-order valence-corrected chi connectivity index (χ4v) is 2.81. The quantitative estimate of drug-likeness (QED) is 0.783. The van der Waals surface area contributed by atoms with E-state index in [2.05, 4.69) is 21.2 Å². The van der Waals surface area contributed by atoms with Crippen molar-refractivity contribution in [2.75, 3.05) is 13.7 Å². The highest BCUT2D eigenvalue weighted by Gasteiger charge is 2.17. The van der Waals surface area contributed by atoms with Gasteiger partial charge in [0.1, 0.15) is 5.82 Å². The van der Waals surface area contributed by atoms with E-state index in [1.807, 2.05) is 13.8 Å². The van der Waals surface area contributed by atoms with Crippen molar-refractivity contribution in [1.29, 1.82) is 0 Å². The number of ether oxygens (including phenoxy) is 2. The second kappa shape index (κ2) is 8.15. The fraction of sp³-hybridized carbons (Fsp3) is 0.278. The summed E-state index contributed by atoms with van der Waals surface area (Å²) in [6, 6.07) is 9.09. The van der Waals surface area contributed by atoms with Gasteiger partial charge in [0.05, 0.1) is 24.2 Å². The molecule has 0 aromatic heterocycles. The Bertz CT molecular complexity index is 719. The van der Waals surface area contributed by atoms with Crippen molar-refractivity contribution in [1.82, 2.24) is 5.32 Å². The molecule has 0 aliphatic carbocycles. The van der Waals surface area contributed by atoms with Crippen molar-refractivity contribution >= 4 is 21.8 Å². The second-order valence-corrected chi connectivity index (χ2v) is 6.02. The van der Waals surface area contributed by atoms with Gasteiger partial charge in [0.2, 0.25) is 0 Å². The highest BCUT2D eigenvalue weighted by atomic mass is 79.9.